The van der Waals surface area contributed by atoms with Gasteiger partial charge in [-0.25, -0.2) is 27.4 Å². The lowest BCUT2D eigenvalue weighted by molar-refractivity contribution is -0.661. The summed E-state index contributed by atoms with van der Waals surface area (Å²) in [7, 11) is 12.2. The van der Waals surface area contributed by atoms with Crippen LogP contribution in [0, 0.1) is 111 Å². The van der Waals surface area contributed by atoms with Crippen LogP contribution in [-0.4, -0.2) is 0 Å². The number of rotatable bonds is 6. The van der Waals surface area contributed by atoms with Crippen LogP contribution in [0.4, 0.5) is 0 Å². The van der Waals surface area contributed by atoms with E-state index >= 15 is 0 Å². The molecule has 12 rings (SSSR count). The minimum atomic E-state index is -2.06. The fraction of sp³-hybridized carbons (Fsp3) is 0.250. The fourth-order valence-corrected chi connectivity index (χ4v) is 11.9. The predicted octanol–water partition coefficient (Wildman–Crippen LogP) is 18.0. The van der Waals surface area contributed by atoms with Crippen molar-refractivity contribution in [1.82, 2.24) is 0 Å². The van der Waals surface area contributed by atoms with E-state index in [2.05, 4.69) is 294 Å². The van der Waals surface area contributed by atoms with E-state index in [1.165, 1.54) is 117 Å². The molecular weight excluding hydrogens is 1140 g/mol. The van der Waals surface area contributed by atoms with Crippen LogP contribution in [0.3, 0.4) is 0 Å². The summed E-state index contributed by atoms with van der Waals surface area (Å²) in [5, 5.41) is 0. The van der Waals surface area contributed by atoms with Crippen LogP contribution in [0.5, 0.6) is 0 Å². The van der Waals surface area contributed by atoms with Gasteiger partial charge in [0.15, 0.2) is 37.2 Å². The van der Waals surface area contributed by atoms with Gasteiger partial charge >= 0.3 is 0 Å². The van der Waals surface area contributed by atoms with Gasteiger partial charge in [0.05, 0.1) is 0 Å². The predicted molar refractivity (Wildman–Crippen MR) is 394 cm³/mol. The molecule has 6 heterocycles. The Morgan fingerprint density at radius 3 is 1.07 bits per heavy atom. The van der Waals surface area contributed by atoms with Gasteiger partial charge < -0.3 is 0 Å². The second kappa shape index (κ2) is 33.2. The van der Waals surface area contributed by atoms with Crippen molar-refractivity contribution < 1.29 is 35.6 Å². The van der Waals surface area contributed by atoms with E-state index in [4.69, 9.17) is 8.22 Å². The van der Waals surface area contributed by atoms with E-state index in [9.17, 15) is 0 Å². The Morgan fingerprint density at radius 2 is 0.617 bits per heavy atom. The average molecular weight is 1250 g/mol. The molecule has 0 unspecified atom stereocenters. The highest BCUT2D eigenvalue weighted by Gasteiger charge is 2.21. The summed E-state index contributed by atoms with van der Waals surface area (Å²) in [5.41, 5.74) is 33.5. The molecule has 0 fully saturated rings. The van der Waals surface area contributed by atoms with E-state index in [1.807, 2.05) is 85.6 Å². The van der Waals surface area contributed by atoms with Gasteiger partial charge in [-0.1, -0.05) is 109 Å². The molecule has 94 heavy (non-hydrogen) atoms. The van der Waals surface area contributed by atoms with Crippen LogP contribution < -0.4 is 27.4 Å². The molecule has 0 bridgehead atoms. The maximum atomic E-state index is 7.55. The molecule has 0 spiro atoms. The van der Waals surface area contributed by atoms with Crippen molar-refractivity contribution in [3.05, 3.63) is 320 Å². The van der Waals surface area contributed by atoms with Gasteiger partial charge in [-0.3, -0.25) is 0 Å². The molecule has 0 aliphatic carbocycles. The molecule has 6 aromatic heterocycles. The monoisotopic (exact) mass is 1250 g/mol. The molecular formula is C88H104N6+6. The van der Waals surface area contributed by atoms with Crippen molar-refractivity contribution in [3.63, 3.8) is 0 Å². The van der Waals surface area contributed by atoms with Gasteiger partial charge in [-0.05, 0) is 215 Å². The summed E-state index contributed by atoms with van der Waals surface area (Å²) in [4.78, 5) is 0. The molecule has 480 valence electrons. The van der Waals surface area contributed by atoms with E-state index in [1.54, 1.807) is 18.5 Å². The standard InChI is InChI=1S/C16H20N.2C15H18N.3C14H16N/c1-11-8-6-7-9-15(11)16-14(4)13(3)12(2)10-17(16)5;1-11-7-5-6-8-14(11)15-9-12(2)13(3)10-16(15)4;1-11-9-10-16(4)15(13(11)3)14-8-6-5-7-12(14)2;1-11-7-4-5-9-13(11)14-12(2)8-6-10-15(14)3;1-11-8-9-15(3)14(10-11)13-7-5-4-6-12(13)2;1-11-8-9-14(15(3)10-11)13-7-5-4-6-12(13)2/h6-10H,1-5H3;2*5-10H,1-4H3;3*4-10H,1-3H3/q6*+1/i;3D3;;;;1D3. The number of hydrogen-bond acceptors (Lipinski definition) is 0. The molecule has 0 amide bonds. The molecule has 12 aromatic rings. The SMILES string of the molecule is Cc1cc[n+](C)c(-c2ccccc2C)c1.Cc1ccccc1-c1c(C)c(C)c(C)c[n+]1C.Cc1ccccc1-c1c(C)c(C)cc[n+]1C.Cc1ccccc1-c1c(C)ccc[n+]1C.[2H]C([2H])([2H])c1c[n+](C)c(-c2ccccc2C)cc1C.[2H]C([2H])([2H])c1ccc(-c2ccccc2C)[n+](C)c1. The molecule has 0 atom stereocenters. The lowest BCUT2D eigenvalue weighted by Gasteiger charge is -2.10. The Balaban J connectivity index is 0.000000169. The number of aromatic nitrogens is 6. The highest BCUT2D eigenvalue weighted by atomic mass is 14.9. The molecule has 6 aromatic carbocycles. The first-order valence-electron chi connectivity index (χ1n) is 35.4. The zero-order valence-corrected chi connectivity index (χ0v) is 59.6. The zero-order chi connectivity index (χ0) is 73.5. The van der Waals surface area contributed by atoms with Crippen LogP contribution >= 0.6 is 0 Å². The molecule has 0 N–H and O–H groups in total. The highest BCUT2D eigenvalue weighted by molar-refractivity contribution is 5.68. The van der Waals surface area contributed by atoms with Gasteiger partial charge in [-0.15, -0.1) is 0 Å². The van der Waals surface area contributed by atoms with E-state index in [0.29, 0.717) is 11.1 Å². The van der Waals surface area contributed by atoms with Gasteiger partial charge in [0, 0.05) is 111 Å². The van der Waals surface area contributed by atoms with E-state index in [-0.39, 0.29) is 0 Å². The summed E-state index contributed by atoms with van der Waals surface area (Å²) in [5.74, 6) is 0. The third-order valence-corrected chi connectivity index (χ3v) is 17.9. The van der Waals surface area contributed by atoms with Crippen molar-refractivity contribution in [2.75, 3.05) is 0 Å². The van der Waals surface area contributed by atoms with Crippen LogP contribution in [0.2, 0.25) is 0 Å². The van der Waals surface area contributed by atoms with Crippen LogP contribution in [0.15, 0.2) is 231 Å². The molecule has 6 heteroatoms. The summed E-state index contributed by atoms with van der Waals surface area (Å²) in [6.45, 7) is 25.7. The maximum absolute atomic E-state index is 7.55. The summed E-state index contributed by atoms with van der Waals surface area (Å²) in [6, 6.07) is 66.5. The van der Waals surface area contributed by atoms with Crippen LogP contribution in [-0.2, 0) is 42.3 Å². The largest absolute Gasteiger partial charge is 0.215 e. The van der Waals surface area contributed by atoms with Gasteiger partial charge in [-0.2, -0.15) is 0 Å². The number of benzene rings is 6. The zero-order valence-electron chi connectivity index (χ0n) is 65.6. The topological polar surface area (TPSA) is 23.3 Å². The molecule has 0 radical (unpaired) electrons. The second-order valence-electron chi connectivity index (χ2n) is 25.1. The minimum Gasteiger partial charge on any atom is -0.201 e. The number of pyridine rings is 6. The Kier molecular flexibility index (Phi) is 22.2. The summed E-state index contributed by atoms with van der Waals surface area (Å²) >= 11 is 0. The molecule has 0 saturated heterocycles. The first-order valence-corrected chi connectivity index (χ1v) is 32.4. The third kappa shape index (κ3) is 18.1. The van der Waals surface area contributed by atoms with Gasteiger partial charge in [0.25, 0.3) is 0 Å². The first kappa shape index (κ1) is 63.0. The number of hydrogen-bond donors (Lipinski definition) is 0. The first-order chi connectivity index (χ1) is 47.2. The highest BCUT2D eigenvalue weighted by Crippen LogP contribution is 2.29. The van der Waals surface area contributed by atoms with Crippen LogP contribution in [0.1, 0.15) is 97.2 Å². The molecule has 0 aliphatic heterocycles. The normalized spacial score (nSPS) is 11.7. The summed E-state index contributed by atoms with van der Waals surface area (Å²) in [6.07, 6.45) is 11.9. The fourth-order valence-electron chi connectivity index (χ4n) is 11.9. The Morgan fingerprint density at radius 1 is 0.223 bits per heavy atom. The van der Waals surface area contributed by atoms with Crippen molar-refractivity contribution in [1.29, 1.82) is 0 Å². The smallest absolute Gasteiger partial charge is 0.201 e. The van der Waals surface area contributed by atoms with Crippen molar-refractivity contribution in [2.24, 2.45) is 42.3 Å². The van der Waals surface area contributed by atoms with Gasteiger partial charge in [0.1, 0.15) is 42.3 Å². The quantitative estimate of drug-likeness (QED) is 0.148. The Hall–Kier alpha value is -9.78. The van der Waals surface area contributed by atoms with E-state index < -0.39 is 13.7 Å². The lowest BCUT2D eigenvalue weighted by Crippen LogP contribution is -2.33. The Bertz CT molecular complexity index is 4810. The maximum Gasteiger partial charge on any atom is 0.215 e. The Labute approximate surface area is 573 Å². The minimum absolute atomic E-state index is 0.363. The van der Waals surface area contributed by atoms with Gasteiger partial charge in [0.2, 0.25) is 34.2 Å². The third-order valence-electron chi connectivity index (χ3n) is 17.9. The molecule has 6 nitrogen and oxygen atoms in total. The summed E-state index contributed by atoms with van der Waals surface area (Å²) < 4.78 is 57.4. The average Bonchev–Trinajstić information content (AvgIpc) is 0.849. The van der Waals surface area contributed by atoms with E-state index in [0.717, 1.165) is 28.1 Å². The number of aryl methyl sites for hydroxylation is 19. The molecule has 0 aliphatic rings. The van der Waals surface area contributed by atoms with Crippen molar-refractivity contribution in [2.45, 2.75) is 111 Å². The number of nitrogens with zero attached hydrogens (tertiary/aromatic N) is 6. The van der Waals surface area contributed by atoms with Crippen molar-refractivity contribution >= 4 is 0 Å². The lowest BCUT2D eigenvalue weighted by atomic mass is 9.97. The molecule has 0 saturated carbocycles. The van der Waals surface area contributed by atoms with Crippen molar-refractivity contribution in [3.8, 4) is 67.5 Å². The van der Waals surface area contributed by atoms with Crippen LogP contribution in [0.25, 0.3) is 67.5 Å². The second-order valence-corrected chi connectivity index (χ2v) is 25.1.